The number of rotatable bonds is 7. The molecule has 1 fully saturated rings. The summed E-state index contributed by atoms with van der Waals surface area (Å²) < 4.78 is 5.21. The number of nitrogens with one attached hydrogen (secondary N) is 1. The van der Waals surface area contributed by atoms with Crippen molar-refractivity contribution in [2.24, 2.45) is 5.92 Å². The summed E-state index contributed by atoms with van der Waals surface area (Å²) in [5, 5.41) is 12.6. The summed E-state index contributed by atoms with van der Waals surface area (Å²) in [5.74, 6) is 0.455. The molecule has 0 bridgehead atoms. The molecule has 6 nitrogen and oxygen atoms in total. The zero-order valence-electron chi connectivity index (χ0n) is 16.0. The van der Waals surface area contributed by atoms with Gasteiger partial charge in [0.25, 0.3) is 5.91 Å². The number of benzene rings is 2. The fourth-order valence-electron chi connectivity index (χ4n) is 3.50. The minimum absolute atomic E-state index is 0.0257. The van der Waals surface area contributed by atoms with E-state index in [0.717, 1.165) is 11.3 Å². The molecular formula is C22H26N2O4. The van der Waals surface area contributed by atoms with E-state index in [0.29, 0.717) is 31.5 Å². The number of carbonyl (C=O) groups excluding carboxylic acids is 2. The molecule has 3 rings (SSSR count). The zero-order chi connectivity index (χ0) is 19.9. The fraction of sp³-hybridized carbons (Fsp3) is 0.364. The van der Waals surface area contributed by atoms with E-state index < -0.39 is 0 Å². The van der Waals surface area contributed by atoms with Crippen LogP contribution in [-0.2, 0) is 11.2 Å². The highest BCUT2D eigenvalue weighted by molar-refractivity contribution is 5.94. The van der Waals surface area contributed by atoms with E-state index in [4.69, 9.17) is 4.74 Å². The Hall–Kier alpha value is -2.86. The molecule has 0 spiro atoms. The van der Waals surface area contributed by atoms with Gasteiger partial charge in [0.05, 0.1) is 13.2 Å². The van der Waals surface area contributed by atoms with Gasteiger partial charge in [-0.25, -0.2) is 0 Å². The van der Waals surface area contributed by atoms with Crippen molar-refractivity contribution in [2.75, 3.05) is 26.8 Å². The molecule has 2 aromatic rings. The summed E-state index contributed by atoms with van der Waals surface area (Å²) in [5.41, 5.74) is 1.61. The number of aryl methyl sites for hydroxylation is 1. The van der Waals surface area contributed by atoms with Gasteiger partial charge in [-0.3, -0.25) is 9.59 Å². The number of likely N-dealkylation sites (tertiary alicyclic amines) is 1. The van der Waals surface area contributed by atoms with Crippen molar-refractivity contribution in [3.8, 4) is 5.75 Å². The van der Waals surface area contributed by atoms with Crippen LogP contribution in [0, 0.1) is 5.92 Å². The molecule has 28 heavy (non-hydrogen) atoms. The van der Waals surface area contributed by atoms with E-state index in [-0.39, 0.29) is 30.4 Å². The minimum Gasteiger partial charge on any atom is -0.497 e. The van der Waals surface area contributed by atoms with Crippen LogP contribution in [-0.4, -0.2) is 54.7 Å². The number of carbonyl (C=O) groups is 2. The van der Waals surface area contributed by atoms with Gasteiger partial charge in [-0.2, -0.15) is 0 Å². The van der Waals surface area contributed by atoms with Gasteiger partial charge in [-0.1, -0.05) is 30.3 Å². The number of nitrogens with zero attached hydrogens (tertiary/aromatic N) is 1. The van der Waals surface area contributed by atoms with Crippen molar-refractivity contribution in [3.63, 3.8) is 0 Å². The van der Waals surface area contributed by atoms with Crippen LogP contribution in [0.1, 0.15) is 22.3 Å². The number of amides is 2. The van der Waals surface area contributed by atoms with Crippen LogP contribution in [0.5, 0.6) is 5.75 Å². The van der Waals surface area contributed by atoms with Gasteiger partial charge in [0, 0.05) is 37.6 Å². The summed E-state index contributed by atoms with van der Waals surface area (Å²) in [7, 11) is 1.62. The predicted molar refractivity (Wildman–Crippen MR) is 106 cm³/mol. The Morgan fingerprint density at radius 2 is 1.93 bits per heavy atom. The lowest BCUT2D eigenvalue weighted by atomic mass is 10.0. The molecule has 0 unspecified atom stereocenters. The van der Waals surface area contributed by atoms with Gasteiger partial charge in [0.1, 0.15) is 5.75 Å². The van der Waals surface area contributed by atoms with Crippen molar-refractivity contribution in [3.05, 3.63) is 65.7 Å². The van der Waals surface area contributed by atoms with E-state index in [2.05, 4.69) is 5.32 Å². The number of aliphatic hydroxyl groups excluding tert-OH is 1. The molecule has 6 heteroatoms. The predicted octanol–water partition coefficient (Wildman–Crippen LogP) is 1.88. The van der Waals surface area contributed by atoms with Crippen LogP contribution >= 0.6 is 0 Å². The molecule has 1 aliphatic heterocycles. The number of aliphatic hydroxyl groups is 1. The third-order valence-corrected chi connectivity index (χ3v) is 5.14. The van der Waals surface area contributed by atoms with Crippen LogP contribution in [0.4, 0.5) is 0 Å². The molecule has 0 aromatic heterocycles. The smallest absolute Gasteiger partial charge is 0.251 e. The van der Waals surface area contributed by atoms with E-state index in [1.165, 1.54) is 0 Å². The fourth-order valence-corrected chi connectivity index (χ4v) is 3.50. The standard InChI is InChI=1S/C22H26N2O4/c1-28-19-9-5-6-16(12-19)10-11-21(26)24-13-18(15-25)20(14-24)23-22(27)17-7-3-2-4-8-17/h2-9,12,18,20,25H,10-11,13-15H2,1H3,(H,23,27)/t18-,20+/m0/s1. The molecule has 2 atom stereocenters. The van der Waals surface area contributed by atoms with Crippen LogP contribution < -0.4 is 10.1 Å². The van der Waals surface area contributed by atoms with Crippen molar-refractivity contribution in [2.45, 2.75) is 18.9 Å². The maximum Gasteiger partial charge on any atom is 0.251 e. The molecule has 0 saturated carbocycles. The zero-order valence-corrected chi connectivity index (χ0v) is 16.0. The van der Waals surface area contributed by atoms with Crippen LogP contribution in [0.3, 0.4) is 0 Å². The Kier molecular flexibility index (Phi) is 6.66. The van der Waals surface area contributed by atoms with Crippen molar-refractivity contribution >= 4 is 11.8 Å². The Morgan fingerprint density at radius 3 is 2.64 bits per heavy atom. The Morgan fingerprint density at radius 1 is 1.14 bits per heavy atom. The molecule has 1 saturated heterocycles. The Balaban J connectivity index is 1.56. The third-order valence-electron chi connectivity index (χ3n) is 5.14. The summed E-state index contributed by atoms with van der Waals surface area (Å²) in [6, 6.07) is 16.4. The molecule has 1 aliphatic rings. The van der Waals surface area contributed by atoms with Gasteiger partial charge in [0.15, 0.2) is 0 Å². The summed E-state index contributed by atoms with van der Waals surface area (Å²) in [6.45, 7) is 0.799. The first-order chi connectivity index (χ1) is 13.6. The highest BCUT2D eigenvalue weighted by Crippen LogP contribution is 2.20. The van der Waals surface area contributed by atoms with Gasteiger partial charge in [-0.05, 0) is 36.2 Å². The Labute approximate surface area is 165 Å². The molecule has 1 heterocycles. The summed E-state index contributed by atoms with van der Waals surface area (Å²) in [4.78, 5) is 26.8. The highest BCUT2D eigenvalue weighted by Gasteiger charge is 2.35. The normalized spacial score (nSPS) is 18.7. The van der Waals surface area contributed by atoms with Crippen molar-refractivity contribution in [1.29, 1.82) is 0 Å². The molecule has 2 amide bonds. The van der Waals surface area contributed by atoms with Gasteiger partial charge < -0.3 is 20.1 Å². The van der Waals surface area contributed by atoms with Gasteiger partial charge in [0.2, 0.25) is 5.91 Å². The average molecular weight is 382 g/mol. The van der Waals surface area contributed by atoms with Gasteiger partial charge >= 0.3 is 0 Å². The van der Waals surface area contributed by atoms with Crippen LogP contribution in [0.25, 0.3) is 0 Å². The van der Waals surface area contributed by atoms with Crippen molar-refractivity contribution < 1.29 is 19.4 Å². The maximum atomic E-state index is 12.6. The number of hydrogen-bond acceptors (Lipinski definition) is 4. The Bertz CT molecular complexity index is 809. The van der Waals surface area contributed by atoms with Crippen molar-refractivity contribution in [1.82, 2.24) is 10.2 Å². The maximum absolute atomic E-state index is 12.6. The molecule has 2 N–H and O–H groups in total. The quantitative estimate of drug-likeness (QED) is 0.766. The van der Waals surface area contributed by atoms with Gasteiger partial charge in [-0.15, -0.1) is 0 Å². The minimum atomic E-state index is -0.251. The number of ether oxygens (including phenoxy) is 1. The molecule has 0 aliphatic carbocycles. The largest absolute Gasteiger partial charge is 0.497 e. The highest BCUT2D eigenvalue weighted by atomic mass is 16.5. The van der Waals surface area contributed by atoms with E-state index in [1.807, 2.05) is 42.5 Å². The topological polar surface area (TPSA) is 78.9 Å². The third kappa shape index (κ3) is 4.89. The first kappa shape index (κ1) is 19.9. The van der Waals surface area contributed by atoms with E-state index in [1.54, 1.807) is 24.1 Å². The molecular weight excluding hydrogens is 356 g/mol. The van der Waals surface area contributed by atoms with E-state index in [9.17, 15) is 14.7 Å². The lowest BCUT2D eigenvalue weighted by molar-refractivity contribution is -0.130. The van der Waals surface area contributed by atoms with E-state index >= 15 is 0 Å². The first-order valence-corrected chi connectivity index (χ1v) is 9.48. The second-order valence-electron chi connectivity index (χ2n) is 7.04. The molecule has 0 radical (unpaired) electrons. The number of methoxy groups -OCH3 is 1. The summed E-state index contributed by atoms with van der Waals surface area (Å²) in [6.07, 6.45) is 1.00. The second-order valence-corrected chi connectivity index (χ2v) is 7.04. The lowest BCUT2D eigenvalue weighted by Crippen LogP contribution is -2.41. The monoisotopic (exact) mass is 382 g/mol. The van der Waals surface area contributed by atoms with Crippen LogP contribution in [0.15, 0.2) is 54.6 Å². The molecule has 148 valence electrons. The van der Waals surface area contributed by atoms with Crippen LogP contribution in [0.2, 0.25) is 0 Å². The average Bonchev–Trinajstić information content (AvgIpc) is 3.15. The number of hydrogen-bond donors (Lipinski definition) is 2. The SMILES string of the molecule is COc1cccc(CCC(=O)N2C[C@@H](CO)[C@H](NC(=O)c3ccccc3)C2)c1. The second kappa shape index (κ2) is 9.37. The lowest BCUT2D eigenvalue weighted by Gasteiger charge is -2.18. The first-order valence-electron chi connectivity index (χ1n) is 9.48. The summed E-state index contributed by atoms with van der Waals surface area (Å²) >= 11 is 0. The molecule has 2 aromatic carbocycles.